The van der Waals surface area contributed by atoms with Gasteiger partial charge in [-0.2, -0.15) is 0 Å². The minimum absolute atomic E-state index is 0.513. The van der Waals surface area contributed by atoms with E-state index in [9.17, 15) is 17.6 Å². The molecule has 3 rings (SSSR count). The lowest BCUT2D eigenvalue weighted by molar-refractivity contribution is 0.406. The first-order valence-electron chi connectivity index (χ1n) is 7.58. The Labute approximate surface area is 148 Å². The van der Waals surface area contributed by atoms with Gasteiger partial charge in [-0.15, -0.1) is 0 Å². The Morgan fingerprint density at radius 3 is 1.12 bits per heavy atom. The average Bonchev–Trinajstić information content (AvgIpc) is 2.69. The van der Waals surface area contributed by atoms with E-state index in [4.69, 9.17) is 0 Å². The Hall–Kier alpha value is -3.50. The van der Waals surface area contributed by atoms with E-state index in [1.807, 2.05) is 0 Å². The average molecular weight is 350 g/mol. The molecule has 0 saturated carbocycles. The molecule has 0 atom stereocenters. The quantitative estimate of drug-likeness (QED) is 0.231. The largest absolute Gasteiger partial charge is 0.202 e. The third-order valence-corrected chi connectivity index (χ3v) is 3.48. The van der Waals surface area contributed by atoms with Crippen LogP contribution in [0.5, 0.6) is 0 Å². The van der Waals surface area contributed by atoms with Crippen molar-refractivity contribution >= 4 is 0 Å². The highest BCUT2D eigenvalue weighted by atomic mass is 19.2. The van der Waals surface area contributed by atoms with E-state index < -0.39 is 34.4 Å². The normalized spacial score (nSPS) is 9.69. The molecule has 0 aliphatic rings. The van der Waals surface area contributed by atoms with Crippen LogP contribution in [0.2, 0.25) is 0 Å². The molecule has 0 spiro atoms. The topological polar surface area (TPSA) is 0 Å². The second-order valence-corrected chi connectivity index (χ2v) is 5.24. The molecular formula is C22H10F4. The summed E-state index contributed by atoms with van der Waals surface area (Å²) in [5, 5.41) is 0. The predicted octanol–water partition coefficient (Wildman–Crippen LogP) is 5.04. The molecule has 26 heavy (non-hydrogen) atoms. The molecule has 126 valence electrons. The van der Waals surface area contributed by atoms with Crippen LogP contribution >= 0.6 is 0 Å². The Balaban J connectivity index is 2.17. The fourth-order valence-electron chi connectivity index (χ4n) is 2.18. The number of benzene rings is 3. The molecule has 0 aliphatic heterocycles. The SMILES string of the molecule is Fc1c(F)c(F)c(C#Cc2ccccc2)c(C#Cc2ccccc2)c1F. The summed E-state index contributed by atoms with van der Waals surface area (Å²) in [5.41, 5.74) is -0.208. The van der Waals surface area contributed by atoms with Crippen LogP contribution in [-0.4, -0.2) is 0 Å². The van der Waals surface area contributed by atoms with Gasteiger partial charge in [-0.05, 0) is 24.3 Å². The van der Waals surface area contributed by atoms with Crippen molar-refractivity contribution in [2.45, 2.75) is 0 Å². The van der Waals surface area contributed by atoms with Crippen molar-refractivity contribution in [2.75, 3.05) is 0 Å². The molecule has 0 heterocycles. The Kier molecular flexibility index (Phi) is 5.06. The third kappa shape index (κ3) is 3.61. The first-order chi connectivity index (χ1) is 12.6. The Bertz CT molecular complexity index is 975. The van der Waals surface area contributed by atoms with Crippen molar-refractivity contribution in [3.05, 3.63) is 106 Å². The molecule has 0 amide bonds. The van der Waals surface area contributed by atoms with Crippen molar-refractivity contribution in [2.24, 2.45) is 0 Å². The molecule has 3 aromatic carbocycles. The lowest BCUT2D eigenvalue weighted by Crippen LogP contribution is -2.04. The molecule has 0 aliphatic carbocycles. The van der Waals surface area contributed by atoms with Crippen LogP contribution < -0.4 is 0 Å². The summed E-state index contributed by atoms with van der Waals surface area (Å²) in [6, 6.07) is 17.0. The van der Waals surface area contributed by atoms with Crippen molar-refractivity contribution in [3.8, 4) is 23.7 Å². The van der Waals surface area contributed by atoms with Crippen LogP contribution in [-0.2, 0) is 0 Å². The molecule has 0 fully saturated rings. The van der Waals surface area contributed by atoms with Crippen LogP contribution in [0.1, 0.15) is 22.3 Å². The zero-order valence-electron chi connectivity index (χ0n) is 13.3. The summed E-state index contributed by atoms with van der Waals surface area (Å²) in [5.74, 6) is 2.98. The maximum Gasteiger partial charge on any atom is 0.198 e. The zero-order valence-corrected chi connectivity index (χ0v) is 13.3. The highest BCUT2D eigenvalue weighted by molar-refractivity contribution is 5.56. The Morgan fingerprint density at radius 1 is 0.423 bits per heavy atom. The first-order valence-corrected chi connectivity index (χ1v) is 7.58. The lowest BCUT2D eigenvalue weighted by Gasteiger charge is -2.04. The van der Waals surface area contributed by atoms with Crippen molar-refractivity contribution in [1.82, 2.24) is 0 Å². The van der Waals surface area contributed by atoms with Crippen LogP contribution in [0.15, 0.2) is 60.7 Å². The fourth-order valence-corrected chi connectivity index (χ4v) is 2.18. The van der Waals surface area contributed by atoms with Gasteiger partial charge < -0.3 is 0 Å². The summed E-state index contributed by atoms with van der Waals surface area (Å²) in [4.78, 5) is 0. The van der Waals surface area contributed by atoms with Gasteiger partial charge in [-0.1, -0.05) is 60.1 Å². The predicted molar refractivity (Wildman–Crippen MR) is 91.1 cm³/mol. The smallest absolute Gasteiger partial charge is 0.198 e. The molecular weight excluding hydrogens is 340 g/mol. The molecule has 0 bridgehead atoms. The second-order valence-electron chi connectivity index (χ2n) is 5.24. The van der Waals surface area contributed by atoms with Gasteiger partial charge in [0.2, 0.25) is 0 Å². The van der Waals surface area contributed by atoms with Gasteiger partial charge in [0, 0.05) is 11.1 Å². The van der Waals surface area contributed by atoms with Gasteiger partial charge in [-0.25, -0.2) is 17.6 Å². The lowest BCUT2D eigenvalue weighted by atomic mass is 10.0. The minimum Gasteiger partial charge on any atom is -0.202 e. The molecule has 0 N–H and O–H groups in total. The fraction of sp³-hybridized carbons (Fsp3) is 0. The van der Waals surface area contributed by atoms with Crippen LogP contribution in [0.3, 0.4) is 0 Å². The molecule has 0 aromatic heterocycles. The maximum absolute atomic E-state index is 14.2. The first kappa shape index (κ1) is 17.3. The van der Waals surface area contributed by atoms with E-state index in [-0.39, 0.29) is 0 Å². The van der Waals surface area contributed by atoms with Gasteiger partial charge in [0.15, 0.2) is 23.3 Å². The minimum atomic E-state index is -1.91. The number of hydrogen-bond donors (Lipinski definition) is 0. The van der Waals surface area contributed by atoms with E-state index in [1.54, 1.807) is 60.7 Å². The number of halogens is 4. The van der Waals surface area contributed by atoms with Gasteiger partial charge in [0.25, 0.3) is 0 Å². The van der Waals surface area contributed by atoms with Gasteiger partial charge >= 0.3 is 0 Å². The third-order valence-electron chi connectivity index (χ3n) is 3.48. The molecule has 0 unspecified atom stereocenters. The summed E-state index contributed by atoms with van der Waals surface area (Å²) >= 11 is 0. The number of hydrogen-bond acceptors (Lipinski definition) is 0. The van der Waals surface area contributed by atoms with E-state index in [2.05, 4.69) is 23.7 Å². The second kappa shape index (κ2) is 7.59. The summed E-state index contributed by atoms with van der Waals surface area (Å²) in [6.07, 6.45) is 0. The van der Waals surface area contributed by atoms with E-state index >= 15 is 0 Å². The maximum atomic E-state index is 14.2. The van der Waals surface area contributed by atoms with Crippen LogP contribution in [0, 0.1) is 47.0 Å². The van der Waals surface area contributed by atoms with Crippen molar-refractivity contribution < 1.29 is 17.6 Å². The molecule has 0 nitrogen and oxygen atoms in total. The molecule has 4 heteroatoms. The van der Waals surface area contributed by atoms with Crippen LogP contribution in [0.25, 0.3) is 0 Å². The molecule has 0 radical (unpaired) electrons. The summed E-state index contributed by atoms with van der Waals surface area (Å²) in [7, 11) is 0. The van der Waals surface area contributed by atoms with E-state index in [0.717, 1.165) is 0 Å². The van der Waals surface area contributed by atoms with Gasteiger partial charge in [0.05, 0.1) is 11.1 Å². The molecule has 0 saturated heterocycles. The number of rotatable bonds is 0. The summed E-state index contributed by atoms with van der Waals surface area (Å²) in [6.45, 7) is 0. The van der Waals surface area contributed by atoms with E-state index in [0.29, 0.717) is 11.1 Å². The van der Waals surface area contributed by atoms with Crippen molar-refractivity contribution in [3.63, 3.8) is 0 Å². The highest BCUT2D eigenvalue weighted by Crippen LogP contribution is 2.23. The standard InChI is InChI=1S/C22H10F4/c23-19-17(13-11-15-7-3-1-4-8-15)18(20(24)22(26)21(19)25)14-12-16-9-5-2-6-10-16/h1-10H. The van der Waals surface area contributed by atoms with Crippen LogP contribution in [0.4, 0.5) is 17.6 Å². The van der Waals surface area contributed by atoms with Gasteiger partial charge in [0.1, 0.15) is 0 Å². The van der Waals surface area contributed by atoms with Crippen molar-refractivity contribution in [1.29, 1.82) is 0 Å². The monoisotopic (exact) mass is 350 g/mol. The summed E-state index contributed by atoms with van der Waals surface area (Å²) < 4.78 is 55.6. The Morgan fingerprint density at radius 2 is 0.769 bits per heavy atom. The van der Waals surface area contributed by atoms with Gasteiger partial charge in [-0.3, -0.25) is 0 Å². The highest BCUT2D eigenvalue weighted by Gasteiger charge is 2.23. The zero-order chi connectivity index (χ0) is 18.5. The molecule has 3 aromatic rings. The van der Waals surface area contributed by atoms with E-state index in [1.165, 1.54) is 0 Å².